The van der Waals surface area contributed by atoms with E-state index in [1.54, 1.807) is 6.07 Å². The first-order valence-corrected chi connectivity index (χ1v) is 8.02. The summed E-state index contributed by atoms with van der Waals surface area (Å²) < 4.78 is 15.6. The minimum atomic E-state index is -0.470. The maximum Gasteiger partial charge on any atom is 0.276 e. The van der Waals surface area contributed by atoms with Crippen LogP contribution in [0.4, 0.5) is 5.69 Å². The molecule has 25 heavy (non-hydrogen) atoms. The van der Waals surface area contributed by atoms with Crippen molar-refractivity contribution in [2.24, 2.45) is 0 Å². The lowest BCUT2D eigenvalue weighted by Gasteiger charge is -2.23. The molecule has 1 aliphatic heterocycles. The molecule has 0 spiro atoms. The van der Waals surface area contributed by atoms with Gasteiger partial charge in [-0.25, -0.2) is 0 Å². The number of hydrogen-bond donors (Lipinski definition) is 2. The summed E-state index contributed by atoms with van der Waals surface area (Å²) in [6.45, 7) is 2.19. The van der Waals surface area contributed by atoms with Crippen molar-refractivity contribution in [1.29, 1.82) is 0 Å². The summed E-state index contributed by atoms with van der Waals surface area (Å²) >= 11 is 0. The van der Waals surface area contributed by atoms with Gasteiger partial charge in [0.05, 0.1) is 38.4 Å². The number of hydrogen-bond acceptors (Lipinski definition) is 7. The van der Waals surface area contributed by atoms with Crippen molar-refractivity contribution in [2.75, 3.05) is 40.5 Å². The standard InChI is InChI=1S/C16H23N3O6/c1-23-14-7-11(13(19(21)22)9-15(14)24-2)3-4-18-16(20)8-12-10-25-6-5-17-12/h7,9,12,17H,3-6,8,10H2,1-2H3,(H,18,20). The summed E-state index contributed by atoms with van der Waals surface area (Å²) in [5.41, 5.74) is 0.413. The number of ether oxygens (including phenoxy) is 3. The quantitative estimate of drug-likeness (QED) is 0.521. The highest BCUT2D eigenvalue weighted by Crippen LogP contribution is 2.34. The molecule has 1 aromatic rings. The Balaban J connectivity index is 1.94. The summed E-state index contributed by atoms with van der Waals surface area (Å²) in [7, 11) is 2.89. The van der Waals surface area contributed by atoms with Crippen molar-refractivity contribution in [2.45, 2.75) is 18.9 Å². The fraction of sp³-hybridized carbons (Fsp3) is 0.562. The highest BCUT2D eigenvalue weighted by Gasteiger charge is 2.20. The van der Waals surface area contributed by atoms with Crippen LogP contribution in [-0.2, 0) is 16.0 Å². The van der Waals surface area contributed by atoms with Crippen LogP contribution in [0.25, 0.3) is 0 Å². The zero-order valence-corrected chi connectivity index (χ0v) is 14.4. The predicted molar refractivity (Wildman–Crippen MR) is 90.1 cm³/mol. The maximum absolute atomic E-state index is 12.0. The van der Waals surface area contributed by atoms with E-state index in [0.717, 1.165) is 6.54 Å². The number of rotatable bonds is 8. The number of amides is 1. The molecule has 0 radical (unpaired) electrons. The average Bonchev–Trinajstić information content (AvgIpc) is 2.61. The zero-order chi connectivity index (χ0) is 18.2. The monoisotopic (exact) mass is 353 g/mol. The van der Waals surface area contributed by atoms with Crippen molar-refractivity contribution < 1.29 is 23.9 Å². The first-order chi connectivity index (χ1) is 12.0. The van der Waals surface area contributed by atoms with Gasteiger partial charge in [-0.3, -0.25) is 14.9 Å². The Bertz CT molecular complexity index is 616. The van der Waals surface area contributed by atoms with E-state index in [-0.39, 0.29) is 17.6 Å². The van der Waals surface area contributed by atoms with E-state index in [1.807, 2.05) is 0 Å². The molecule has 2 N–H and O–H groups in total. The van der Waals surface area contributed by atoms with E-state index in [2.05, 4.69) is 10.6 Å². The number of carbonyl (C=O) groups is 1. The van der Waals surface area contributed by atoms with Crippen LogP contribution >= 0.6 is 0 Å². The topological polar surface area (TPSA) is 112 Å². The lowest BCUT2D eigenvalue weighted by molar-refractivity contribution is -0.385. The van der Waals surface area contributed by atoms with Crippen LogP contribution in [0, 0.1) is 10.1 Å². The maximum atomic E-state index is 12.0. The van der Waals surface area contributed by atoms with E-state index in [4.69, 9.17) is 14.2 Å². The van der Waals surface area contributed by atoms with Crippen molar-refractivity contribution in [3.63, 3.8) is 0 Å². The van der Waals surface area contributed by atoms with Crippen LogP contribution < -0.4 is 20.1 Å². The van der Waals surface area contributed by atoms with Gasteiger partial charge in [0.15, 0.2) is 11.5 Å². The van der Waals surface area contributed by atoms with Crippen LogP contribution in [0.3, 0.4) is 0 Å². The Labute approximate surface area is 145 Å². The lowest BCUT2D eigenvalue weighted by Crippen LogP contribution is -2.44. The predicted octanol–water partition coefficient (Wildman–Crippen LogP) is 0.649. The number of nitrogens with one attached hydrogen (secondary N) is 2. The molecule has 2 rings (SSSR count). The SMILES string of the molecule is COc1cc(CCNC(=O)CC2COCCN2)c([N+](=O)[O-])cc1OC. The van der Waals surface area contributed by atoms with E-state index < -0.39 is 4.92 Å². The molecule has 9 nitrogen and oxygen atoms in total. The molecular formula is C16H23N3O6. The number of morpholine rings is 1. The molecule has 1 atom stereocenters. The molecule has 1 fully saturated rings. The fourth-order valence-corrected chi connectivity index (χ4v) is 2.66. The Morgan fingerprint density at radius 1 is 1.40 bits per heavy atom. The fourth-order valence-electron chi connectivity index (χ4n) is 2.66. The zero-order valence-electron chi connectivity index (χ0n) is 14.4. The van der Waals surface area contributed by atoms with Gasteiger partial charge in [-0.1, -0.05) is 0 Å². The minimum absolute atomic E-state index is 0.00386. The molecule has 0 bridgehead atoms. The van der Waals surface area contributed by atoms with Gasteiger partial charge in [0.1, 0.15) is 0 Å². The molecule has 1 heterocycles. The number of methoxy groups -OCH3 is 2. The second kappa shape index (κ2) is 9.19. The Kier molecular flexibility index (Phi) is 6.96. The molecule has 1 saturated heterocycles. The number of nitro benzene ring substituents is 1. The summed E-state index contributed by atoms with van der Waals surface area (Å²) in [6.07, 6.45) is 0.630. The Hall–Kier alpha value is -2.39. The highest BCUT2D eigenvalue weighted by molar-refractivity contribution is 5.76. The highest BCUT2D eigenvalue weighted by atomic mass is 16.6. The van der Waals surface area contributed by atoms with Crippen molar-refractivity contribution in [3.8, 4) is 11.5 Å². The molecule has 1 amide bonds. The van der Waals surface area contributed by atoms with Gasteiger partial charge in [0.25, 0.3) is 5.69 Å². The summed E-state index contributed by atoms with van der Waals surface area (Å²) in [6, 6.07) is 2.91. The summed E-state index contributed by atoms with van der Waals surface area (Å²) in [4.78, 5) is 22.7. The second-order valence-electron chi connectivity index (χ2n) is 5.62. The Morgan fingerprint density at radius 3 is 2.72 bits per heavy atom. The molecule has 0 aromatic heterocycles. The van der Waals surface area contributed by atoms with Crippen LogP contribution in [0.15, 0.2) is 12.1 Å². The molecule has 1 aliphatic rings. The third-order valence-corrected chi connectivity index (χ3v) is 3.93. The van der Waals surface area contributed by atoms with Crippen LogP contribution in [-0.4, -0.2) is 57.4 Å². The van der Waals surface area contributed by atoms with Crippen LogP contribution in [0.5, 0.6) is 11.5 Å². The third-order valence-electron chi connectivity index (χ3n) is 3.93. The second-order valence-corrected chi connectivity index (χ2v) is 5.62. The normalized spacial score (nSPS) is 17.0. The van der Waals surface area contributed by atoms with E-state index in [1.165, 1.54) is 20.3 Å². The van der Waals surface area contributed by atoms with Crippen LogP contribution in [0.1, 0.15) is 12.0 Å². The van der Waals surface area contributed by atoms with Gasteiger partial charge in [0.2, 0.25) is 5.91 Å². The molecule has 1 aromatic carbocycles. The van der Waals surface area contributed by atoms with Gasteiger partial charge in [-0.15, -0.1) is 0 Å². The van der Waals surface area contributed by atoms with Crippen molar-refractivity contribution in [3.05, 3.63) is 27.8 Å². The number of nitrogens with zero attached hydrogens (tertiary/aromatic N) is 1. The summed E-state index contributed by atoms with van der Waals surface area (Å²) in [5.74, 6) is 0.592. The van der Waals surface area contributed by atoms with Gasteiger partial charge in [-0.05, 0) is 12.5 Å². The van der Waals surface area contributed by atoms with Gasteiger partial charge < -0.3 is 24.8 Å². The van der Waals surface area contributed by atoms with E-state index >= 15 is 0 Å². The third kappa shape index (κ3) is 5.30. The van der Waals surface area contributed by atoms with Crippen molar-refractivity contribution >= 4 is 11.6 Å². The molecule has 138 valence electrons. The number of nitro groups is 1. The van der Waals surface area contributed by atoms with Gasteiger partial charge in [0, 0.05) is 31.1 Å². The molecule has 1 unspecified atom stereocenters. The number of carbonyl (C=O) groups excluding carboxylic acids is 1. The van der Waals surface area contributed by atoms with Crippen LogP contribution in [0.2, 0.25) is 0 Å². The van der Waals surface area contributed by atoms with Gasteiger partial charge >= 0.3 is 0 Å². The van der Waals surface area contributed by atoms with Gasteiger partial charge in [-0.2, -0.15) is 0 Å². The number of benzene rings is 1. The summed E-state index contributed by atoms with van der Waals surface area (Å²) in [5, 5.41) is 17.2. The molecule has 9 heteroatoms. The largest absolute Gasteiger partial charge is 0.493 e. The minimum Gasteiger partial charge on any atom is -0.493 e. The molecule has 0 saturated carbocycles. The molecular weight excluding hydrogens is 330 g/mol. The van der Waals surface area contributed by atoms with E-state index in [0.29, 0.717) is 49.7 Å². The average molecular weight is 353 g/mol. The Morgan fingerprint density at radius 2 is 2.12 bits per heavy atom. The van der Waals surface area contributed by atoms with E-state index in [9.17, 15) is 14.9 Å². The molecule has 0 aliphatic carbocycles. The lowest BCUT2D eigenvalue weighted by atomic mass is 10.1. The van der Waals surface area contributed by atoms with Crippen molar-refractivity contribution in [1.82, 2.24) is 10.6 Å². The first-order valence-electron chi connectivity index (χ1n) is 8.02. The smallest absolute Gasteiger partial charge is 0.276 e. The first kappa shape index (κ1) is 18.9.